The third-order valence-corrected chi connectivity index (χ3v) is 4.07. The van der Waals surface area contributed by atoms with Crippen molar-refractivity contribution in [2.45, 2.75) is 34.1 Å². The number of carbonyl (C=O) groups is 2. The molecule has 2 amide bonds. The van der Waals surface area contributed by atoms with Gasteiger partial charge in [-0.2, -0.15) is 5.10 Å². The van der Waals surface area contributed by atoms with Crippen LogP contribution >= 0.6 is 0 Å². The Balaban J connectivity index is 2.10. The molecule has 0 saturated carbocycles. The van der Waals surface area contributed by atoms with Gasteiger partial charge in [-0.1, -0.05) is 19.9 Å². The summed E-state index contributed by atoms with van der Waals surface area (Å²) in [5.74, 6) is 1.06. The molecule has 0 spiro atoms. The molecule has 0 bridgehead atoms. The maximum Gasteiger partial charge on any atom is 0.271 e. The van der Waals surface area contributed by atoms with Gasteiger partial charge < -0.3 is 20.1 Å². The second kappa shape index (κ2) is 10.5. The van der Waals surface area contributed by atoms with Gasteiger partial charge in [-0.3, -0.25) is 14.3 Å². The van der Waals surface area contributed by atoms with Crippen LogP contribution in [0.15, 0.2) is 24.4 Å². The van der Waals surface area contributed by atoms with Crippen LogP contribution in [0.5, 0.6) is 11.5 Å². The van der Waals surface area contributed by atoms with Crippen LogP contribution in [0.4, 0.5) is 5.69 Å². The van der Waals surface area contributed by atoms with Crippen LogP contribution in [-0.4, -0.2) is 41.4 Å². The van der Waals surface area contributed by atoms with Gasteiger partial charge in [-0.15, -0.1) is 0 Å². The number of nitrogens with zero attached hydrogens (tertiary/aromatic N) is 2. The van der Waals surface area contributed by atoms with E-state index in [1.807, 2.05) is 33.8 Å². The summed E-state index contributed by atoms with van der Waals surface area (Å²) in [4.78, 5) is 25.0. The monoisotopic (exact) mass is 402 g/mol. The Bertz CT molecular complexity index is 845. The Morgan fingerprint density at radius 1 is 1.14 bits per heavy atom. The number of ether oxygens (including phenoxy) is 2. The van der Waals surface area contributed by atoms with Crippen LogP contribution in [0.1, 0.15) is 43.7 Å². The largest absolute Gasteiger partial charge is 0.490 e. The fourth-order valence-electron chi connectivity index (χ4n) is 2.76. The Morgan fingerprint density at radius 2 is 1.83 bits per heavy atom. The number of rotatable bonds is 10. The summed E-state index contributed by atoms with van der Waals surface area (Å²) in [6.45, 7) is 9.40. The van der Waals surface area contributed by atoms with Crippen molar-refractivity contribution in [3.63, 3.8) is 0 Å². The molecule has 0 aliphatic carbocycles. The summed E-state index contributed by atoms with van der Waals surface area (Å²) in [6, 6.07) is 5.42. The molecule has 0 aliphatic rings. The first-order chi connectivity index (χ1) is 13.8. The van der Waals surface area contributed by atoms with Crippen LogP contribution in [0, 0.1) is 5.92 Å². The van der Waals surface area contributed by atoms with Crippen LogP contribution < -0.4 is 20.1 Å². The predicted molar refractivity (Wildman–Crippen MR) is 111 cm³/mol. The van der Waals surface area contributed by atoms with E-state index in [0.29, 0.717) is 48.6 Å². The molecule has 29 heavy (non-hydrogen) atoms. The summed E-state index contributed by atoms with van der Waals surface area (Å²) in [5.41, 5.74) is 1.49. The number of hydrogen-bond donors (Lipinski definition) is 2. The van der Waals surface area contributed by atoms with Crippen molar-refractivity contribution in [2.75, 3.05) is 25.1 Å². The Labute approximate surface area is 171 Å². The first-order valence-electron chi connectivity index (χ1n) is 9.84. The highest BCUT2D eigenvalue weighted by atomic mass is 16.5. The zero-order valence-corrected chi connectivity index (χ0v) is 17.7. The Morgan fingerprint density at radius 3 is 2.48 bits per heavy atom. The topological polar surface area (TPSA) is 94.5 Å². The lowest BCUT2D eigenvalue weighted by molar-refractivity contribution is -0.115. The minimum atomic E-state index is -0.270. The van der Waals surface area contributed by atoms with Gasteiger partial charge in [0, 0.05) is 13.6 Å². The van der Waals surface area contributed by atoms with Crippen LogP contribution in [0.25, 0.3) is 0 Å². The number of amides is 2. The quantitative estimate of drug-likeness (QED) is 0.637. The van der Waals surface area contributed by atoms with Crippen molar-refractivity contribution < 1.29 is 19.1 Å². The lowest BCUT2D eigenvalue weighted by Gasteiger charge is -2.13. The number of aromatic nitrogens is 2. The van der Waals surface area contributed by atoms with Crippen LogP contribution in [-0.2, 0) is 18.3 Å². The van der Waals surface area contributed by atoms with Crippen LogP contribution in [0.2, 0.25) is 0 Å². The number of carbonyl (C=O) groups excluding carboxylic acids is 2. The molecular weight excluding hydrogens is 372 g/mol. The highest BCUT2D eigenvalue weighted by Gasteiger charge is 2.19. The molecule has 0 saturated heterocycles. The van der Waals surface area contributed by atoms with E-state index in [9.17, 15) is 9.59 Å². The average Bonchev–Trinajstić information content (AvgIpc) is 3.02. The fraction of sp³-hybridized carbons (Fsp3) is 0.476. The van der Waals surface area contributed by atoms with E-state index in [1.54, 1.807) is 19.2 Å². The van der Waals surface area contributed by atoms with Crippen molar-refractivity contribution in [3.8, 4) is 11.5 Å². The minimum Gasteiger partial charge on any atom is -0.490 e. The highest BCUT2D eigenvalue weighted by molar-refractivity contribution is 6.02. The Kier molecular flexibility index (Phi) is 8.06. The molecular formula is C21H30N4O4. The summed E-state index contributed by atoms with van der Waals surface area (Å²) in [5, 5.41) is 9.73. The van der Waals surface area contributed by atoms with Gasteiger partial charge >= 0.3 is 0 Å². The predicted octanol–water partition coefficient (Wildman–Crippen LogP) is 2.78. The van der Waals surface area contributed by atoms with E-state index < -0.39 is 0 Å². The second-order valence-corrected chi connectivity index (χ2v) is 7.01. The van der Waals surface area contributed by atoms with E-state index in [1.165, 1.54) is 10.9 Å². The van der Waals surface area contributed by atoms with Crippen molar-refractivity contribution in [2.24, 2.45) is 13.0 Å². The standard InChI is InChI=1S/C21H30N4O4/c1-6-28-17-9-8-15(10-18(17)29-7-2)11-19(26)24-16-13-23-25(5)20(16)21(27)22-12-14(3)4/h8-10,13-14H,6-7,11-12H2,1-5H3,(H,22,27)(H,24,26). The van der Waals surface area contributed by atoms with Crippen molar-refractivity contribution in [1.29, 1.82) is 0 Å². The van der Waals surface area contributed by atoms with E-state index >= 15 is 0 Å². The summed E-state index contributed by atoms with van der Waals surface area (Å²) in [6.07, 6.45) is 1.61. The molecule has 0 fully saturated rings. The number of nitrogens with one attached hydrogen (secondary N) is 2. The molecule has 0 unspecified atom stereocenters. The second-order valence-electron chi connectivity index (χ2n) is 7.01. The number of benzene rings is 1. The van der Waals surface area contributed by atoms with Gasteiger partial charge in [-0.25, -0.2) is 0 Å². The molecule has 0 radical (unpaired) electrons. The van der Waals surface area contributed by atoms with Gasteiger partial charge in [-0.05, 0) is 37.5 Å². The van der Waals surface area contributed by atoms with E-state index in [2.05, 4.69) is 15.7 Å². The first kappa shape index (κ1) is 22.3. The lowest BCUT2D eigenvalue weighted by Crippen LogP contribution is -2.30. The van der Waals surface area contributed by atoms with Crippen molar-refractivity contribution >= 4 is 17.5 Å². The third-order valence-electron chi connectivity index (χ3n) is 4.07. The average molecular weight is 402 g/mol. The molecule has 2 aromatic rings. The van der Waals surface area contributed by atoms with Gasteiger partial charge in [0.25, 0.3) is 5.91 Å². The summed E-state index contributed by atoms with van der Waals surface area (Å²) < 4.78 is 12.6. The molecule has 1 heterocycles. The number of aryl methyl sites for hydroxylation is 1. The molecule has 2 N–H and O–H groups in total. The van der Waals surface area contributed by atoms with Crippen molar-refractivity contribution in [3.05, 3.63) is 35.7 Å². The van der Waals surface area contributed by atoms with Crippen LogP contribution in [0.3, 0.4) is 0 Å². The van der Waals surface area contributed by atoms with Crippen molar-refractivity contribution in [1.82, 2.24) is 15.1 Å². The molecule has 2 rings (SSSR count). The van der Waals surface area contributed by atoms with Gasteiger partial charge in [0.1, 0.15) is 5.69 Å². The molecule has 1 aromatic carbocycles. The van der Waals surface area contributed by atoms with Gasteiger partial charge in [0.2, 0.25) is 5.91 Å². The minimum absolute atomic E-state index is 0.133. The van der Waals surface area contributed by atoms with E-state index in [4.69, 9.17) is 9.47 Å². The third kappa shape index (κ3) is 6.23. The zero-order chi connectivity index (χ0) is 21.4. The highest BCUT2D eigenvalue weighted by Crippen LogP contribution is 2.29. The molecule has 158 valence electrons. The lowest BCUT2D eigenvalue weighted by atomic mass is 10.1. The summed E-state index contributed by atoms with van der Waals surface area (Å²) >= 11 is 0. The smallest absolute Gasteiger partial charge is 0.271 e. The van der Waals surface area contributed by atoms with E-state index in [0.717, 1.165) is 5.56 Å². The maximum absolute atomic E-state index is 12.6. The number of hydrogen-bond acceptors (Lipinski definition) is 5. The molecule has 1 aromatic heterocycles. The molecule has 8 nitrogen and oxygen atoms in total. The SMILES string of the molecule is CCOc1ccc(CC(=O)Nc2cnn(C)c2C(=O)NCC(C)C)cc1OCC. The maximum atomic E-state index is 12.6. The summed E-state index contributed by atoms with van der Waals surface area (Å²) in [7, 11) is 1.67. The number of anilines is 1. The molecule has 8 heteroatoms. The van der Waals surface area contributed by atoms with E-state index in [-0.39, 0.29) is 18.2 Å². The van der Waals surface area contributed by atoms with Gasteiger partial charge in [0.15, 0.2) is 11.5 Å². The first-order valence-corrected chi connectivity index (χ1v) is 9.84. The normalized spacial score (nSPS) is 10.7. The van der Waals surface area contributed by atoms with Gasteiger partial charge in [0.05, 0.1) is 31.5 Å². The molecule has 0 atom stereocenters. The zero-order valence-electron chi connectivity index (χ0n) is 17.7. The fourth-order valence-corrected chi connectivity index (χ4v) is 2.76. The molecule has 0 aliphatic heterocycles. The Hall–Kier alpha value is -3.03.